The Labute approximate surface area is 120 Å². The fraction of sp³-hybridized carbons (Fsp3) is 0.625. The number of benzene rings is 1. The van der Waals surface area contributed by atoms with Crippen LogP contribution in [0.2, 0.25) is 5.02 Å². The molecule has 2 fully saturated rings. The Kier molecular flexibility index (Phi) is 3.72. The quantitative estimate of drug-likeness (QED) is 0.887. The molecule has 3 heteroatoms. The van der Waals surface area contributed by atoms with Crippen LogP contribution in [0.3, 0.4) is 0 Å². The van der Waals surface area contributed by atoms with Crippen molar-refractivity contribution in [3.8, 4) is 5.75 Å². The molecular weight excluding hydrogens is 258 g/mol. The zero-order valence-electron chi connectivity index (χ0n) is 11.3. The van der Waals surface area contributed by atoms with Gasteiger partial charge in [-0.25, -0.2) is 0 Å². The van der Waals surface area contributed by atoms with E-state index in [1.807, 2.05) is 12.1 Å². The van der Waals surface area contributed by atoms with Gasteiger partial charge in [0.1, 0.15) is 5.75 Å². The molecule has 0 unspecified atom stereocenters. The highest BCUT2D eigenvalue weighted by molar-refractivity contribution is 6.30. The summed E-state index contributed by atoms with van der Waals surface area (Å²) in [6.45, 7) is 1.53. The second-order valence-electron chi connectivity index (χ2n) is 6.09. The van der Waals surface area contributed by atoms with Crippen LogP contribution in [0.1, 0.15) is 44.1 Å². The number of halogens is 1. The highest BCUT2D eigenvalue weighted by Crippen LogP contribution is 2.45. The van der Waals surface area contributed by atoms with Crippen molar-refractivity contribution in [2.24, 2.45) is 11.7 Å². The lowest BCUT2D eigenvalue weighted by Crippen LogP contribution is -2.32. The van der Waals surface area contributed by atoms with E-state index in [1.54, 1.807) is 0 Å². The average molecular weight is 280 g/mol. The van der Waals surface area contributed by atoms with Crippen LogP contribution >= 0.6 is 11.6 Å². The Morgan fingerprint density at radius 3 is 2.63 bits per heavy atom. The largest absolute Gasteiger partial charge is 0.493 e. The average Bonchev–Trinajstić information content (AvgIpc) is 3.13. The van der Waals surface area contributed by atoms with Gasteiger partial charge in [-0.05, 0) is 49.8 Å². The molecule has 0 atom stereocenters. The van der Waals surface area contributed by atoms with E-state index < -0.39 is 0 Å². The second kappa shape index (κ2) is 5.34. The van der Waals surface area contributed by atoms with E-state index in [1.165, 1.54) is 31.2 Å². The molecular formula is C16H22ClNO. The summed E-state index contributed by atoms with van der Waals surface area (Å²) in [5, 5.41) is 0.786. The van der Waals surface area contributed by atoms with Gasteiger partial charge >= 0.3 is 0 Å². The van der Waals surface area contributed by atoms with Crippen LogP contribution in [0.25, 0.3) is 0 Å². The van der Waals surface area contributed by atoms with Gasteiger partial charge in [0, 0.05) is 22.5 Å². The van der Waals surface area contributed by atoms with Crippen LogP contribution < -0.4 is 10.5 Å². The van der Waals surface area contributed by atoms with Crippen molar-refractivity contribution in [2.45, 2.75) is 43.9 Å². The summed E-state index contributed by atoms with van der Waals surface area (Å²) in [5.74, 6) is 1.77. The van der Waals surface area contributed by atoms with Crippen molar-refractivity contribution in [2.75, 3.05) is 13.2 Å². The molecule has 2 saturated carbocycles. The van der Waals surface area contributed by atoms with Gasteiger partial charge in [-0.15, -0.1) is 0 Å². The van der Waals surface area contributed by atoms with Crippen LogP contribution in [-0.4, -0.2) is 13.2 Å². The molecule has 0 spiro atoms. The molecule has 104 valence electrons. The summed E-state index contributed by atoms with van der Waals surface area (Å²) in [5.41, 5.74) is 7.41. The smallest absolute Gasteiger partial charge is 0.123 e. The molecule has 3 rings (SSSR count). The van der Waals surface area contributed by atoms with Gasteiger partial charge in [-0.2, -0.15) is 0 Å². The van der Waals surface area contributed by atoms with Crippen LogP contribution in [0, 0.1) is 5.92 Å². The topological polar surface area (TPSA) is 35.2 Å². The van der Waals surface area contributed by atoms with Gasteiger partial charge in [-0.3, -0.25) is 0 Å². The van der Waals surface area contributed by atoms with E-state index in [-0.39, 0.29) is 5.41 Å². The SMILES string of the molecule is NCC1(c2cc(Cl)ccc2OCC2CC2)CCCC1. The van der Waals surface area contributed by atoms with Gasteiger partial charge in [0.25, 0.3) is 0 Å². The number of hydrogen-bond donors (Lipinski definition) is 1. The molecule has 2 N–H and O–H groups in total. The summed E-state index contributed by atoms with van der Waals surface area (Å²) < 4.78 is 6.04. The van der Waals surface area contributed by atoms with Gasteiger partial charge in [-0.1, -0.05) is 24.4 Å². The van der Waals surface area contributed by atoms with E-state index in [9.17, 15) is 0 Å². The molecule has 2 aliphatic rings. The van der Waals surface area contributed by atoms with Crippen LogP contribution in [0.15, 0.2) is 18.2 Å². The predicted octanol–water partition coefficient (Wildman–Crippen LogP) is 3.90. The summed E-state index contributed by atoms with van der Waals surface area (Å²) in [7, 11) is 0. The maximum atomic E-state index is 6.19. The summed E-state index contributed by atoms with van der Waals surface area (Å²) in [6, 6.07) is 6.02. The first kappa shape index (κ1) is 13.3. The van der Waals surface area contributed by atoms with E-state index in [0.29, 0.717) is 6.54 Å². The van der Waals surface area contributed by atoms with Crippen LogP contribution in [-0.2, 0) is 5.41 Å². The fourth-order valence-corrected chi connectivity index (χ4v) is 3.34. The summed E-state index contributed by atoms with van der Waals surface area (Å²) in [4.78, 5) is 0. The van der Waals surface area contributed by atoms with Crippen molar-refractivity contribution in [1.29, 1.82) is 0 Å². The van der Waals surface area contributed by atoms with Crippen LogP contribution in [0.4, 0.5) is 0 Å². The lowest BCUT2D eigenvalue weighted by atomic mass is 9.78. The lowest BCUT2D eigenvalue weighted by Gasteiger charge is -2.30. The Morgan fingerprint density at radius 1 is 1.26 bits per heavy atom. The maximum absolute atomic E-state index is 6.19. The van der Waals surface area contributed by atoms with E-state index in [2.05, 4.69) is 6.07 Å². The predicted molar refractivity (Wildman–Crippen MR) is 78.9 cm³/mol. The zero-order valence-corrected chi connectivity index (χ0v) is 12.1. The second-order valence-corrected chi connectivity index (χ2v) is 6.52. The van der Waals surface area contributed by atoms with Gasteiger partial charge in [0.2, 0.25) is 0 Å². The van der Waals surface area contributed by atoms with E-state index in [4.69, 9.17) is 22.1 Å². The molecule has 2 nitrogen and oxygen atoms in total. The maximum Gasteiger partial charge on any atom is 0.123 e. The third-order valence-electron chi connectivity index (χ3n) is 4.64. The first-order valence-electron chi connectivity index (χ1n) is 7.36. The molecule has 0 amide bonds. The highest BCUT2D eigenvalue weighted by atomic mass is 35.5. The minimum atomic E-state index is 0.0871. The Morgan fingerprint density at radius 2 is 2.00 bits per heavy atom. The summed E-state index contributed by atoms with van der Waals surface area (Å²) >= 11 is 6.19. The molecule has 0 radical (unpaired) electrons. The standard InChI is InChI=1S/C16H22ClNO/c17-13-5-6-15(19-10-12-3-4-12)14(9-13)16(11-18)7-1-2-8-16/h5-6,9,12H,1-4,7-8,10-11,18H2. The molecule has 2 aliphatic carbocycles. The van der Waals surface area contributed by atoms with Crippen molar-refractivity contribution in [3.63, 3.8) is 0 Å². The van der Waals surface area contributed by atoms with Crippen molar-refractivity contribution >= 4 is 11.6 Å². The molecule has 1 aromatic carbocycles. The van der Waals surface area contributed by atoms with Crippen molar-refractivity contribution in [1.82, 2.24) is 0 Å². The normalized spacial score (nSPS) is 21.6. The third kappa shape index (κ3) is 2.75. The number of rotatable bonds is 5. The summed E-state index contributed by atoms with van der Waals surface area (Å²) in [6.07, 6.45) is 7.45. The molecule has 1 aromatic rings. The molecule has 0 aliphatic heterocycles. The van der Waals surface area contributed by atoms with Crippen LogP contribution in [0.5, 0.6) is 5.75 Å². The van der Waals surface area contributed by atoms with Gasteiger partial charge < -0.3 is 10.5 Å². The molecule has 0 saturated heterocycles. The highest BCUT2D eigenvalue weighted by Gasteiger charge is 2.37. The zero-order chi connectivity index (χ0) is 13.3. The van der Waals surface area contributed by atoms with Gasteiger partial charge in [0.05, 0.1) is 6.61 Å². The first-order chi connectivity index (χ1) is 9.23. The first-order valence-corrected chi connectivity index (χ1v) is 7.74. The number of nitrogens with two attached hydrogens (primary N) is 1. The van der Waals surface area contributed by atoms with E-state index >= 15 is 0 Å². The number of ether oxygens (including phenoxy) is 1. The molecule has 0 heterocycles. The minimum absolute atomic E-state index is 0.0871. The fourth-order valence-electron chi connectivity index (χ4n) is 3.17. The Hall–Kier alpha value is -0.730. The lowest BCUT2D eigenvalue weighted by molar-refractivity contribution is 0.287. The monoisotopic (exact) mass is 279 g/mol. The van der Waals surface area contributed by atoms with E-state index in [0.717, 1.165) is 36.1 Å². The Bertz CT molecular complexity index is 450. The molecule has 0 bridgehead atoms. The third-order valence-corrected chi connectivity index (χ3v) is 4.87. The number of hydrogen-bond acceptors (Lipinski definition) is 2. The molecule has 19 heavy (non-hydrogen) atoms. The van der Waals surface area contributed by atoms with Gasteiger partial charge in [0.15, 0.2) is 0 Å². The van der Waals surface area contributed by atoms with Crippen molar-refractivity contribution < 1.29 is 4.74 Å². The molecule has 0 aromatic heterocycles. The minimum Gasteiger partial charge on any atom is -0.493 e. The van der Waals surface area contributed by atoms with Crippen molar-refractivity contribution in [3.05, 3.63) is 28.8 Å². The Balaban J connectivity index is 1.89.